The molecule has 0 aliphatic rings. The Balaban J connectivity index is 0.00000289. The lowest BCUT2D eigenvalue weighted by molar-refractivity contribution is 0.584. The van der Waals surface area contributed by atoms with Crippen LogP contribution in [0.1, 0.15) is 13.3 Å². The molecule has 1 heterocycles. The molecule has 0 unspecified atom stereocenters. The van der Waals surface area contributed by atoms with E-state index in [1.54, 1.807) is 6.20 Å². The Morgan fingerprint density at radius 3 is 2.94 bits per heavy atom. The number of guanidine groups is 1. The van der Waals surface area contributed by atoms with Gasteiger partial charge in [-0.1, -0.05) is 5.92 Å². The number of terminal acetylenes is 1. The number of aromatic nitrogens is 2. The molecule has 5 nitrogen and oxygen atoms in total. The van der Waals surface area contributed by atoms with Gasteiger partial charge in [-0.05, 0) is 19.4 Å². The molecule has 1 aromatic heterocycles. The van der Waals surface area contributed by atoms with E-state index >= 15 is 0 Å². The summed E-state index contributed by atoms with van der Waals surface area (Å²) in [6.07, 6.45) is 9.87. The van der Waals surface area contributed by atoms with Crippen LogP contribution in [0.3, 0.4) is 0 Å². The quantitative estimate of drug-likeness (QED) is 0.262. The number of halogens is 1. The summed E-state index contributed by atoms with van der Waals surface area (Å²) in [5.41, 5.74) is 0. The van der Waals surface area contributed by atoms with Crippen LogP contribution in [-0.2, 0) is 6.54 Å². The lowest BCUT2D eigenvalue weighted by Gasteiger charge is -2.08. The van der Waals surface area contributed by atoms with Crippen molar-refractivity contribution >= 4 is 29.9 Å². The van der Waals surface area contributed by atoms with Crippen LogP contribution in [-0.4, -0.2) is 35.4 Å². The zero-order valence-corrected chi connectivity index (χ0v) is 12.9. The molecule has 0 aromatic carbocycles. The summed E-state index contributed by atoms with van der Waals surface area (Å²) in [6, 6.07) is 1.92. The van der Waals surface area contributed by atoms with Gasteiger partial charge >= 0.3 is 0 Å². The fourth-order valence-corrected chi connectivity index (χ4v) is 1.33. The molecule has 0 spiro atoms. The van der Waals surface area contributed by atoms with Crippen molar-refractivity contribution in [3.63, 3.8) is 0 Å². The molecular formula is C12H20IN5. The standard InChI is InChI=1S/C12H19N5.HI/c1-3-7-14-12(13-4-2)15-8-5-10-17-11-6-9-16-17;/h1,6,9,11H,4-5,7-8,10H2,2H3,(H2,13,14,15);1H. The molecule has 1 rings (SSSR count). The molecule has 18 heavy (non-hydrogen) atoms. The summed E-state index contributed by atoms with van der Waals surface area (Å²) in [5.74, 6) is 3.29. The van der Waals surface area contributed by atoms with Gasteiger partial charge in [-0.3, -0.25) is 9.67 Å². The van der Waals surface area contributed by atoms with Crippen LogP contribution in [0.2, 0.25) is 0 Å². The van der Waals surface area contributed by atoms with E-state index in [0.717, 1.165) is 32.0 Å². The maximum Gasteiger partial charge on any atom is 0.192 e. The van der Waals surface area contributed by atoms with Crippen LogP contribution in [0.5, 0.6) is 0 Å². The minimum atomic E-state index is 0. The average molecular weight is 361 g/mol. The van der Waals surface area contributed by atoms with Gasteiger partial charge in [-0.15, -0.1) is 30.4 Å². The van der Waals surface area contributed by atoms with E-state index in [9.17, 15) is 0 Å². The summed E-state index contributed by atoms with van der Waals surface area (Å²) < 4.78 is 1.90. The predicted octanol–water partition coefficient (Wildman–Crippen LogP) is 1.08. The molecule has 0 radical (unpaired) electrons. The first-order valence-corrected chi connectivity index (χ1v) is 5.80. The van der Waals surface area contributed by atoms with Gasteiger partial charge in [0, 0.05) is 32.0 Å². The zero-order valence-electron chi connectivity index (χ0n) is 10.6. The topological polar surface area (TPSA) is 54.2 Å². The summed E-state index contributed by atoms with van der Waals surface area (Å²) >= 11 is 0. The first-order valence-electron chi connectivity index (χ1n) is 5.80. The van der Waals surface area contributed by atoms with Gasteiger partial charge in [-0.25, -0.2) is 0 Å². The monoisotopic (exact) mass is 361 g/mol. The van der Waals surface area contributed by atoms with Crippen molar-refractivity contribution in [2.75, 3.05) is 19.6 Å². The number of nitrogens with one attached hydrogen (secondary N) is 2. The third-order valence-electron chi connectivity index (χ3n) is 2.08. The van der Waals surface area contributed by atoms with Crippen molar-refractivity contribution in [2.24, 2.45) is 4.99 Å². The highest BCUT2D eigenvalue weighted by Gasteiger charge is 1.94. The van der Waals surface area contributed by atoms with Crippen LogP contribution in [0.15, 0.2) is 23.5 Å². The molecule has 0 aliphatic heterocycles. The number of aryl methyl sites for hydroxylation is 1. The van der Waals surface area contributed by atoms with Gasteiger partial charge in [0.1, 0.15) is 0 Å². The molecule has 100 valence electrons. The Labute approximate surface area is 125 Å². The molecule has 0 aliphatic carbocycles. The van der Waals surface area contributed by atoms with Crippen LogP contribution in [0.25, 0.3) is 0 Å². The Hall–Kier alpha value is -1.23. The minimum Gasteiger partial charge on any atom is -0.357 e. The van der Waals surface area contributed by atoms with Gasteiger partial charge in [0.2, 0.25) is 0 Å². The molecule has 0 bridgehead atoms. The number of rotatable bonds is 6. The predicted molar refractivity (Wildman–Crippen MR) is 85.1 cm³/mol. The third kappa shape index (κ3) is 7.17. The number of hydrogen-bond donors (Lipinski definition) is 2. The van der Waals surface area contributed by atoms with Crippen molar-refractivity contribution in [3.8, 4) is 12.3 Å². The number of hydrogen-bond acceptors (Lipinski definition) is 2. The second-order valence-corrected chi connectivity index (χ2v) is 3.44. The fourth-order valence-electron chi connectivity index (χ4n) is 1.33. The van der Waals surface area contributed by atoms with Crippen molar-refractivity contribution < 1.29 is 0 Å². The lowest BCUT2D eigenvalue weighted by atomic mass is 10.4. The van der Waals surface area contributed by atoms with E-state index in [0.29, 0.717) is 6.54 Å². The summed E-state index contributed by atoms with van der Waals surface area (Å²) in [4.78, 5) is 4.41. The Bertz CT molecular complexity index is 366. The van der Waals surface area contributed by atoms with E-state index in [-0.39, 0.29) is 24.0 Å². The van der Waals surface area contributed by atoms with Gasteiger partial charge in [0.05, 0.1) is 6.54 Å². The molecule has 0 fully saturated rings. The highest BCUT2D eigenvalue weighted by atomic mass is 127. The van der Waals surface area contributed by atoms with E-state index in [4.69, 9.17) is 6.42 Å². The highest BCUT2D eigenvalue weighted by Crippen LogP contribution is 1.89. The van der Waals surface area contributed by atoms with Crippen molar-refractivity contribution in [2.45, 2.75) is 19.9 Å². The second kappa shape index (κ2) is 10.9. The average Bonchev–Trinajstić information content (AvgIpc) is 2.84. The summed E-state index contributed by atoms with van der Waals surface area (Å²) in [6.45, 7) is 4.97. The SMILES string of the molecule is C#CCNC(=NCCCn1cccn1)NCC.I. The molecule has 0 saturated carbocycles. The molecule has 0 amide bonds. The summed E-state index contributed by atoms with van der Waals surface area (Å²) in [5, 5.41) is 10.3. The first kappa shape index (κ1) is 16.8. The number of nitrogens with zero attached hydrogens (tertiary/aromatic N) is 3. The number of aliphatic imine (C=N–C) groups is 1. The van der Waals surface area contributed by atoms with Crippen LogP contribution in [0.4, 0.5) is 0 Å². The molecule has 2 N–H and O–H groups in total. The fraction of sp³-hybridized carbons (Fsp3) is 0.500. The van der Waals surface area contributed by atoms with Gasteiger partial charge in [0.25, 0.3) is 0 Å². The molecule has 0 saturated heterocycles. The molecule has 6 heteroatoms. The van der Waals surface area contributed by atoms with Crippen molar-refractivity contribution in [1.82, 2.24) is 20.4 Å². The largest absolute Gasteiger partial charge is 0.357 e. The highest BCUT2D eigenvalue weighted by molar-refractivity contribution is 14.0. The minimum absolute atomic E-state index is 0. The van der Waals surface area contributed by atoms with Gasteiger partial charge in [0.15, 0.2) is 5.96 Å². The smallest absolute Gasteiger partial charge is 0.192 e. The lowest BCUT2D eigenvalue weighted by Crippen LogP contribution is -2.37. The van der Waals surface area contributed by atoms with Gasteiger partial charge in [-0.2, -0.15) is 5.10 Å². The Morgan fingerprint density at radius 2 is 2.33 bits per heavy atom. The Morgan fingerprint density at radius 1 is 1.50 bits per heavy atom. The van der Waals surface area contributed by atoms with E-state index in [2.05, 4.69) is 26.6 Å². The summed E-state index contributed by atoms with van der Waals surface area (Å²) in [7, 11) is 0. The molecule has 0 atom stereocenters. The van der Waals surface area contributed by atoms with Crippen molar-refractivity contribution in [1.29, 1.82) is 0 Å². The molecule has 1 aromatic rings. The Kier molecular flexibility index (Phi) is 10.2. The van der Waals surface area contributed by atoms with E-state index in [1.165, 1.54) is 0 Å². The zero-order chi connectivity index (χ0) is 12.3. The van der Waals surface area contributed by atoms with E-state index in [1.807, 2.05) is 23.9 Å². The van der Waals surface area contributed by atoms with Crippen molar-refractivity contribution in [3.05, 3.63) is 18.5 Å². The van der Waals surface area contributed by atoms with Crippen LogP contribution in [0, 0.1) is 12.3 Å². The maximum absolute atomic E-state index is 5.19. The van der Waals surface area contributed by atoms with Crippen LogP contribution < -0.4 is 10.6 Å². The van der Waals surface area contributed by atoms with Gasteiger partial charge < -0.3 is 10.6 Å². The second-order valence-electron chi connectivity index (χ2n) is 3.44. The first-order chi connectivity index (χ1) is 8.36. The maximum atomic E-state index is 5.19. The molecular weight excluding hydrogens is 341 g/mol. The van der Waals surface area contributed by atoms with Crippen LogP contribution >= 0.6 is 24.0 Å². The normalized spacial score (nSPS) is 10.3. The van der Waals surface area contributed by atoms with E-state index < -0.39 is 0 Å². The third-order valence-corrected chi connectivity index (χ3v) is 2.08.